The van der Waals surface area contributed by atoms with Gasteiger partial charge in [-0.1, -0.05) is 11.6 Å². The maximum absolute atomic E-state index is 3.50. The van der Waals surface area contributed by atoms with Crippen molar-refractivity contribution < 1.29 is 0 Å². The zero-order valence-electron chi connectivity index (χ0n) is 11.4. The molecule has 2 aromatic heterocycles. The molecule has 0 radical (unpaired) electrons. The highest BCUT2D eigenvalue weighted by Gasteiger charge is 2.01. The van der Waals surface area contributed by atoms with Gasteiger partial charge in [-0.05, 0) is 52.5 Å². The van der Waals surface area contributed by atoms with Crippen LogP contribution in [0.15, 0.2) is 46.4 Å². The Hall–Kier alpha value is -1.10. The van der Waals surface area contributed by atoms with Crippen LogP contribution in [0.2, 0.25) is 0 Å². The van der Waals surface area contributed by atoms with Crippen molar-refractivity contribution in [2.75, 3.05) is 6.54 Å². The normalized spacial score (nSPS) is 11.3. The Morgan fingerprint density at radius 1 is 1.25 bits per heavy atom. The average Bonchev–Trinajstić information content (AvgIpc) is 3.01. The molecule has 0 fully saturated rings. The number of benzene rings is 1. The Labute approximate surface area is 131 Å². The lowest BCUT2D eigenvalue weighted by atomic mass is 10.2. The summed E-state index contributed by atoms with van der Waals surface area (Å²) in [5, 5.41) is 6.95. The van der Waals surface area contributed by atoms with Crippen molar-refractivity contribution in [3.8, 4) is 0 Å². The molecule has 4 heteroatoms. The van der Waals surface area contributed by atoms with Crippen LogP contribution in [0.3, 0.4) is 0 Å². The lowest BCUT2D eigenvalue weighted by Gasteiger charge is -2.07. The van der Waals surface area contributed by atoms with Gasteiger partial charge in [-0.3, -0.25) is 0 Å². The van der Waals surface area contributed by atoms with Crippen LogP contribution >= 0.6 is 27.3 Å². The first-order chi connectivity index (χ1) is 9.72. The standard InChI is InChI=1S/C16H17BrN2S/c1-12-2-3-16-13(8-12)4-6-19(16)7-5-18-10-15-9-14(17)11-20-15/h2-4,6,8-9,11,18H,5,7,10H2,1H3. The molecule has 0 saturated carbocycles. The second-order valence-corrected chi connectivity index (χ2v) is 6.89. The molecule has 0 aliphatic heterocycles. The Morgan fingerprint density at radius 3 is 2.95 bits per heavy atom. The van der Waals surface area contributed by atoms with Crippen molar-refractivity contribution in [3.63, 3.8) is 0 Å². The summed E-state index contributed by atoms with van der Waals surface area (Å²) in [7, 11) is 0. The van der Waals surface area contributed by atoms with E-state index in [1.165, 1.54) is 25.8 Å². The van der Waals surface area contributed by atoms with Crippen LogP contribution < -0.4 is 5.32 Å². The lowest BCUT2D eigenvalue weighted by Crippen LogP contribution is -2.18. The van der Waals surface area contributed by atoms with Crippen LogP contribution in [0.5, 0.6) is 0 Å². The molecule has 1 N–H and O–H groups in total. The molecule has 0 amide bonds. The van der Waals surface area contributed by atoms with Crippen molar-refractivity contribution in [1.82, 2.24) is 9.88 Å². The van der Waals surface area contributed by atoms with Crippen molar-refractivity contribution in [2.24, 2.45) is 0 Å². The molecular weight excluding hydrogens is 332 g/mol. The Morgan fingerprint density at radius 2 is 2.15 bits per heavy atom. The summed E-state index contributed by atoms with van der Waals surface area (Å²) in [6.45, 7) is 5.05. The van der Waals surface area contributed by atoms with E-state index in [1.807, 2.05) is 0 Å². The fourth-order valence-electron chi connectivity index (χ4n) is 2.37. The van der Waals surface area contributed by atoms with E-state index in [9.17, 15) is 0 Å². The first-order valence-corrected chi connectivity index (χ1v) is 8.39. The second kappa shape index (κ2) is 6.12. The molecular formula is C16H17BrN2S. The van der Waals surface area contributed by atoms with Crippen LogP contribution in [0, 0.1) is 6.92 Å². The molecule has 20 heavy (non-hydrogen) atoms. The maximum Gasteiger partial charge on any atom is 0.0480 e. The number of hydrogen-bond acceptors (Lipinski definition) is 2. The summed E-state index contributed by atoms with van der Waals surface area (Å²) in [4.78, 5) is 1.37. The van der Waals surface area contributed by atoms with Crippen molar-refractivity contribution >= 4 is 38.2 Å². The van der Waals surface area contributed by atoms with Gasteiger partial charge in [0.15, 0.2) is 0 Å². The molecule has 0 unspecified atom stereocenters. The van der Waals surface area contributed by atoms with Gasteiger partial charge in [0.1, 0.15) is 0 Å². The smallest absolute Gasteiger partial charge is 0.0480 e. The first kappa shape index (κ1) is 13.9. The summed E-state index contributed by atoms with van der Waals surface area (Å²) in [6, 6.07) is 11.0. The number of hydrogen-bond donors (Lipinski definition) is 1. The van der Waals surface area contributed by atoms with Crippen molar-refractivity contribution in [3.05, 3.63) is 56.8 Å². The predicted molar refractivity (Wildman–Crippen MR) is 90.4 cm³/mol. The highest BCUT2D eigenvalue weighted by molar-refractivity contribution is 9.10. The number of aromatic nitrogens is 1. The lowest BCUT2D eigenvalue weighted by molar-refractivity contribution is 0.613. The third-order valence-electron chi connectivity index (χ3n) is 3.38. The third-order valence-corrected chi connectivity index (χ3v) is 5.07. The van der Waals surface area contributed by atoms with Crippen LogP contribution in [-0.4, -0.2) is 11.1 Å². The van der Waals surface area contributed by atoms with Crippen LogP contribution in [0.1, 0.15) is 10.4 Å². The Bertz CT molecular complexity index is 714. The number of halogens is 1. The van der Waals surface area contributed by atoms with Gasteiger partial charge in [-0.2, -0.15) is 0 Å². The molecule has 2 heterocycles. The SMILES string of the molecule is Cc1ccc2c(ccn2CCNCc2cc(Br)cs2)c1. The van der Waals surface area contributed by atoms with Crippen LogP contribution in [-0.2, 0) is 13.1 Å². The van der Waals surface area contributed by atoms with Gasteiger partial charge in [0, 0.05) is 46.1 Å². The zero-order valence-corrected chi connectivity index (χ0v) is 13.8. The van der Waals surface area contributed by atoms with E-state index in [0.29, 0.717) is 0 Å². The van der Waals surface area contributed by atoms with Gasteiger partial charge < -0.3 is 9.88 Å². The predicted octanol–water partition coefficient (Wildman–Crippen LogP) is 4.56. The molecule has 0 spiro atoms. The number of fused-ring (bicyclic) bond motifs is 1. The van der Waals surface area contributed by atoms with Gasteiger partial charge in [-0.15, -0.1) is 11.3 Å². The number of thiophene rings is 1. The number of nitrogens with zero attached hydrogens (tertiary/aromatic N) is 1. The molecule has 0 aliphatic rings. The minimum absolute atomic E-state index is 0.939. The van der Waals surface area contributed by atoms with Gasteiger partial charge in [-0.25, -0.2) is 0 Å². The van der Waals surface area contributed by atoms with Crippen LogP contribution in [0.25, 0.3) is 10.9 Å². The highest BCUT2D eigenvalue weighted by atomic mass is 79.9. The topological polar surface area (TPSA) is 17.0 Å². The van der Waals surface area contributed by atoms with Gasteiger partial charge in [0.2, 0.25) is 0 Å². The zero-order chi connectivity index (χ0) is 13.9. The maximum atomic E-state index is 3.50. The fraction of sp³-hybridized carbons (Fsp3) is 0.250. The molecule has 0 aliphatic carbocycles. The minimum atomic E-state index is 0.939. The summed E-state index contributed by atoms with van der Waals surface area (Å²) in [6.07, 6.45) is 2.17. The summed E-state index contributed by atoms with van der Waals surface area (Å²) >= 11 is 5.27. The number of nitrogens with one attached hydrogen (secondary N) is 1. The molecule has 104 valence electrons. The van der Waals surface area contributed by atoms with E-state index in [4.69, 9.17) is 0 Å². The van der Waals surface area contributed by atoms with E-state index in [1.54, 1.807) is 11.3 Å². The van der Waals surface area contributed by atoms with E-state index in [0.717, 1.165) is 19.6 Å². The molecule has 3 aromatic rings. The largest absolute Gasteiger partial charge is 0.346 e. The van der Waals surface area contributed by atoms with Gasteiger partial charge >= 0.3 is 0 Å². The van der Waals surface area contributed by atoms with E-state index in [2.05, 4.69) is 74.6 Å². The molecule has 0 atom stereocenters. The van der Waals surface area contributed by atoms with E-state index < -0.39 is 0 Å². The molecule has 3 rings (SSSR count). The van der Waals surface area contributed by atoms with E-state index >= 15 is 0 Å². The molecule has 0 bridgehead atoms. The minimum Gasteiger partial charge on any atom is -0.346 e. The first-order valence-electron chi connectivity index (χ1n) is 6.71. The van der Waals surface area contributed by atoms with Crippen molar-refractivity contribution in [1.29, 1.82) is 0 Å². The fourth-order valence-corrected chi connectivity index (χ4v) is 3.79. The Balaban J connectivity index is 1.57. The van der Waals surface area contributed by atoms with Gasteiger partial charge in [0.25, 0.3) is 0 Å². The third kappa shape index (κ3) is 3.14. The number of rotatable bonds is 5. The number of aryl methyl sites for hydroxylation is 1. The molecule has 2 nitrogen and oxygen atoms in total. The summed E-state index contributed by atoms with van der Waals surface area (Å²) < 4.78 is 3.48. The summed E-state index contributed by atoms with van der Waals surface area (Å²) in [5.41, 5.74) is 2.63. The Kier molecular flexibility index (Phi) is 4.24. The molecule has 1 aromatic carbocycles. The average molecular weight is 349 g/mol. The van der Waals surface area contributed by atoms with E-state index in [-0.39, 0.29) is 0 Å². The highest BCUT2D eigenvalue weighted by Crippen LogP contribution is 2.19. The van der Waals surface area contributed by atoms with Crippen molar-refractivity contribution in [2.45, 2.75) is 20.0 Å². The second-order valence-electron chi connectivity index (χ2n) is 4.98. The van der Waals surface area contributed by atoms with Crippen LogP contribution in [0.4, 0.5) is 0 Å². The monoisotopic (exact) mass is 348 g/mol. The molecule has 0 saturated heterocycles. The summed E-state index contributed by atoms with van der Waals surface area (Å²) in [5.74, 6) is 0. The quantitative estimate of drug-likeness (QED) is 0.668. The van der Waals surface area contributed by atoms with Gasteiger partial charge in [0.05, 0.1) is 0 Å².